The van der Waals surface area contributed by atoms with Crippen LogP contribution in [0.4, 0.5) is 0 Å². The molecule has 2 aromatic rings. The summed E-state index contributed by atoms with van der Waals surface area (Å²) in [5.41, 5.74) is 2.55. The normalized spacial score (nSPS) is 10.2. The molecule has 1 amide bonds. The lowest BCUT2D eigenvalue weighted by atomic mass is 10.1. The Labute approximate surface area is 158 Å². The summed E-state index contributed by atoms with van der Waals surface area (Å²) in [6.45, 7) is 5.35. The number of esters is 1. The minimum Gasteiger partial charge on any atom is -0.493 e. The summed E-state index contributed by atoms with van der Waals surface area (Å²) in [5.74, 6) is -0.453. The van der Waals surface area contributed by atoms with Crippen molar-refractivity contribution in [2.45, 2.75) is 27.4 Å². The number of amides is 1. The van der Waals surface area contributed by atoms with Crippen LogP contribution in [-0.2, 0) is 16.1 Å². The van der Waals surface area contributed by atoms with Gasteiger partial charge in [0.1, 0.15) is 18.9 Å². The molecule has 1 N–H and O–H groups in total. The van der Waals surface area contributed by atoms with Crippen LogP contribution in [0.25, 0.3) is 0 Å². The number of benzene rings is 2. The van der Waals surface area contributed by atoms with Crippen molar-refractivity contribution < 1.29 is 23.9 Å². The van der Waals surface area contributed by atoms with Crippen LogP contribution in [0.1, 0.15) is 45.7 Å². The number of rotatable bonds is 8. The zero-order chi connectivity index (χ0) is 19.8. The number of aryl methyl sites for hydroxylation is 1. The number of carbonyl (C=O) groups excluding carboxylic acids is 3. The van der Waals surface area contributed by atoms with Crippen molar-refractivity contribution in [1.29, 1.82) is 0 Å². The summed E-state index contributed by atoms with van der Waals surface area (Å²) in [6, 6.07) is 12.1. The van der Waals surface area contributed by atoms with Crippen LogP contribution in [0.3, 0.4) is 0 Å². The van der Waals surface area contributed by atoms with Crippen LogP contribution < -0.4 is 10.1 Å². The third-order valence-corrected chi connectivity index (χ3v) is 3.83. The van der Waals surface area contributed by atoms with E-state index in [1.807, 2.05) is 19.9 Å². The SMILES string of the molecule is CCOc1ccc(C(C)=O)cc1COC(=O)CNC(=O)c1cccc(C)c1. The van der Waals surface area contributed by atoms with Gasteiger partial charge in [0.25, 0.3) is 5.91 Å². The molecule has 6 nitrogen and oxygen atoms in total. The molecular formula is C21H23NO5. The van der Waals surface area contributed by atoms with Gasteiger partial charge in [-0.1, -0.05) is 17.7 Å². The van der Waals surface area contributed by atoms with Gasteiger partial charge >= 0.3 is 5.97 Å². The van der Waals surface area contributed by atoms with Gasteiger partial charge in [-0.2, -0.15) is 0 Å². The lowest BCUT2D eigenvalue weighted by Crippen LogP contribution is -2.30. The first-order chi connectivity index (χ1) is 12.9. The third-order valence-electron chi connectivity index (χ3n) is 3.83. The van der Waals surface area contributed by atoms with Crippen LogP contribution in [0.5, 0.6) is 5.75 Å². The van der Waals surface area contributed by atoms with Crippen molar-refractivity contribution in [1.82, 2.24) is 5.32 Å². The Bertz CT molecular complexity index is 844. The molecule has 0 saturated heterocycles. The predicted octanol–water partition coefficient (Wildman–Crippen LogP) is 3.07. The summed E-state index contributed by atoms with van der Waals surface area (Å²) in [5, 5.41) is 2.53. The van der Waals surface area contributed by atoms with Crippen molar-refractivity contribution >= 4 is 17.7 Å². The maximum atomic E-state index is 12.1. The van der Waals surface area contributed by atoms with Crippen molar-refractivity contribution in [2.75, 3.05) is 13.2 Å². The number of Topliss-reactive ketones (excluding diaryl/α,β-unsaturated/α-hetero) is 1. The second-order valence-electron chi connectivity index (χ2n) is 6.02. The Morgan fingerprint density at radius 2 is 1.81 bits per heavy atom. The van der Waals surface area contributed by atoms with Gasteiger partial charge in [-0.05, 0) is 51.1 Å². The molecule has 2 aromatic carbocycles. The maximum absolute atomic E-state index is 12.1. The molecule has 0 heterocycles. The van der Waals surface area contributed by atoms with Crippen molar-refractivity contribution in [2.24, 2.45) is 0 Å². The monoisotopic (exact) mass is 369 g/mol. The predicted molar refractivity (Wildman–Crippen MR) is 101 cm³/mol. The summed E-state index contributed by atoms with van der Waals surface area (Å²) in [6.07, 6.45) is 0. The van der Waals surface area contributed by atoms with E-state index in [-0.39, 0.29) is 24.8 Å². The van der Waals surface area contributed by atoms with Gasteiger partial charge in [0.05, 0.1) is 6.61 Å². The van der Waals surface area contributed by atoms with Gasteiger partial charge < -0.3 is 14.8 Å². The molecule has 2 rings (SSSR count). The fraction of sp³-hybridized carbons (Fsp3) is 0.286. The number of carbonyl (C=O) groups is 3. The molecule has 0 saturated carbocycles. The summed E-state index contributed by atoms with van der Waals surface area (Å²) < 4.78 is 10.7. The highest BCUT2D eigenvalue weighted by atomic mass is 16.5. The van der Waals surface area contributed by atoms with E-state index in [0.29, 0.717) is 29.0 Å². The van der Waals surface area contributed by atoms with Gasteiger partial charge in [0.15, 0.2) is 5.78 Å². The molecule has 0 unspecified atom stereocenters. The second-order valence-corrected chi connectivity index (χ2v) is 6.02. The van der Waals surface area contributed by atoms with E-state index < -0.39 is 5.97 Å². The average Bonchev–Trinajstić information content (AvgIpc) is 2.65. The summed E-state index contributed by atoms with van der Waals surface area (Å²) in [4.78, 5) is 35.6. The Morgan fingerprint density at radius 3 is 2.48 bits per heavy atom. The molecule has 0 radical (unpaired) electrons. The molecular weight excluding hydrogens is 346 g/mol. The van der Waals surface area contributed by atoms with Crippen LogP contribution in [0.2, 0.25) is 0 Å². The van der Waals surface area contributed by atoms with Crippen molar-refractivity contribution in [3.05, 3.63) is 64.7 Å². The highest BCUT2D eigenvalue weighted by Gasteiger charge is 2.12. The summed E-state index contributed by atoms with van der Waals surface area (Å²) in [7, 11) is 0. The lowest BCUT2D eigenvalue weighted by molar-refractivity contribution is -0.143. The molecule has 0 aliphatic heterocycles. The van der Waals surface area contributed by atoms with Gasteiger partial charge in [-0.25, -0.2) is 0 Å². The van der Waals surface area contributed by atoms with Gasteiger partial charge in [0, 0.05) is 16.7 Å². The largest absolute Gasteiger partial charge is 0.493 e. The first kappa shape index (κ1) is 20.2. The Morgan fingerprint density at radius 1 is 1.04 bits per heavy atom. The first-order valence-electron chi connectivity index (χ1n) is 8.68. The average molecular weight is 369 g/mol. The molecule has 0 bridgehead atoms. The first-order valence-corrected chi connectivity index (χ1v) is 8.68. The number of nitrogens with one attached hydrogen (secondary N) is 1. The zero-order valence-corrected chi connectivity index (χ0v) is 15.7. The van der Waals surface area contributed by atoms with E-state index in [9.17, 15) is 14.4 Å². The quantitative estimate of drug-likeness (QED) is 0.571. The van der Waals surface area contributed by atoms with Crippen LogP contribution in [0, 0.1) is 6.92 Å². The molecule has 0 aliphatic carbocycles. The Hall–Kier alpha value is -3.15. The van der Waals surface area contributed by atoms with Crippen LogP contribution in [0.15, 0.2) is 42.5 Å². The van der Waals surface area contributed by atoms with Crippen molar-refractivity contribution in [3.63, 3.8) is 0 Å². The van der Waals surface area contributed by atoms with E-state index in [4.69, 9.17) is 9.47 Å². The Kier molecular flexibility index (Phi) is 7.11. The minimum absolute atomic E-state index is 0.0460. The topological polar surface area (TPSA) is 81.7 Å². The number of hydrogen-bond donors (Lipinski definition) is 1. The van der Waals surface area contributed by atoms with E-state index in [2.05, 4.69) is 5.32 Å². The molecule has 142 valence electrons. The number of ether oxygens (including phenoxy) is 2. The van der Waals surface area contributed by atoms with Gasteiger partial charge in [-0.3, -0.25) is 14.4 Å². The van der Waals surface area contributed by atoms with E-state index in [1.54, 1.807) is 36.4 Å². The fourth-order valence-electron chi connectivity index (χ4n) is 2.46. The molecule has 0 spiro atoms. The molecule has 27 heavy (non-hydrogen) atoms. The zero-order valence-electron chi connectivity index (χ0n) is 15.7. The van der Waals surface area contributed by atoms with Crippen molar-refractivity contribution in [3.8, 4) is 5.75 Å². The maximum Gasteiger partial charge on any atom is 0.325 e. The van der Waals surface area contributed by atoms with Gasteiger partial charge in [0.2, 0.25) is 0 Å². The van der Waals surface area contributed by atoms with Crippen LogP contribution >= 0.6 is 0 Å². The molecule has 0 aromatic heterocycles. The fourth-order valence-corrected chi connectivity index (χ4v) is 2.46. The minimum atomic E-state index is -0.577. The van der Waals surface area contributed by atoms with Gasteiger partial charge in [-0.15, -0.1) is 0 Å². The molecule has 6 heteroatoms. The second kappa shape index (κ2) is 9.52. The highest BCUT2D eigenvalue weighted by molar-refractivity contribution is 5.96. The highest BCUT2D eigenvalue weighted by Crippen LogP contribution is 2.21. The van der Waals surface area contributed by atoms with Crippen LogP contribution in [-0.4, -0.2) is 30.8 Å². The molecule has 0 atom stereocenters. The number of ketones is 1. The standard InChI is InChI=1S/C21H23NO5/c1-4-26-19-9-8-16(15(3)23)11-18(19)13-27-20(24)12-22-21(25)17-7-5-6-14(2)10-17/h5-11H,4,12-13H2,1-3H3,(H,22,25). The van der Waals surface area contributed by atoms with E-state index in [1.165, 1.54) is 6.92 Å². The third kappa shape index (κ3) is 5.95. The lowest BCUT2D eigenvalue weighted by Gasteiger charge is -2.12. The Balaban J connectivity index is 1.93. The van der Waals surface area contributed by atoms with E-state index >= 15 is 0 Å². The van der Waals surface area contributed by atoms with E-state index in [0.717, 1.165) is 5.56 Å². The smallest absolute Gasteiger partial charge is 0.325 e. The molecule has 0 fully saturated rings. The molecule has 0 aliphatic rings. The number of hydrogen-bond acceptors (Lipinski definition) is 5. The summed E-state index contributed by atoms with van der Waals surface area (Å²) >= 11 is 0.